The third-order valence-electron chi connectivity index (χ3n) is 8.43. The van der Waals surface area contributed by atoms with Gasteiger partial charge in [0.05, 0.1) is 32.0 Å². The number of allylic oxidation sites excluding steroid dienone is 1. The van der Waals surface area contributed by atoms with Gasteiger partial charge in [-0.25, -0.2) is 4.79 Å². The number of methoxy groups -OCH3 is 1. The number of hydrogen-bond acceptors (Lipinski definition) is 13. The number of ether oxygens (including phenoxy) is 5. The van der Waals surface area contributed by atoms with Crippen LogP contribution in [0.15, 0.2) is 23.5 Å². The van der Waals surface area contributed by atoms with E-state index in [2.05, 4.69) is 0 Å². The van der Waals surface area contributed by atoms with Gasteiger partial charge in [0.15, 0.2) is 6.29 Å². The number of aliphatic hydroxyl groups excluding tert-OH is 6. The van der Waals surface area contributed by atoms with Crippen molar-refractivity contribution in [2.24, 2.45) is 29.6 Å². The molecule has 13 nitrogen and oxygen atoms in total. The van der Waals surface area contributed by atoms with Crippen LogP contribution >= 0.6 is 0 Å². The zero-order valence-electron chi connectivity index (χ0n) is 23.2. The van der Waals surface area contributed by atoms with Crippen molar-refractivity contribution in [3.63, 3.8) is 0 Å². The summed E-state index contributed by atoms with van der Waals surface area (Å²) in [7, 11) is 1.18. The highest BCUT2D eigenvalue weighted by atomic mass is 16.8. The van der Waals surface area contributed by atoms with Gasteiger partial charge < -0.3 is 54.3 Å². The second-order valence-corrected chi connectivity index (χ2v) is 10.7. The highest BCUT2D eigenvalue weighted by molar-refractivity contribution is 5.90. The maximum absolute atomic E-state index is 13.2. The van der Waals surface area contributed by atoms with E-state index in [0.717, 1.165) is 6.26 Å². The predicted octanol–water partition coefficient (Wildman–Crippen LogP) is -1.03. The van der Waals surface area contributed by atoms with Gasteiger partial charge in [0.1, 0.15) is 30.5 Å². The Labute approximate surface area is 232 Å². The minimum Gasteiger partial charge on any atom is -0.468 e. The molecule has 1 saturated carbocycles. The van der Waals surface area contributed by atoms with Crippen molar-refractivity contribution >= 4 is 11.9 Å². The quantitative estimate of drug-likeness (QED) is 0.137. The number of rotatable bonds is 10. The molecule has 0 unspecified atom stereocenters. The van der Waals surface area contributed by atoms with Crippen LogP contribution in [0.2, 0.25) is 0 Å². The molecule has 0 aromatic rings. The van der Waals surface area contributed by atoms with Crippen LogP contribution in [0.5, 0.6) is 0 Å². The molecule has 0 amide bonds. The molecular formula is C27H42O13. The Hall–Kier alpha value is -2.10. The van der Waals surface area contributed by atoms with Crippen LogP contribution in [0.1, 0.15) is 33.6 Å². The molecule has 3 aliphatic rings. The summed E-state index contributed by atoms with van der Waals surface area (Å²) in [4.78, 5) is 25.8. The maximum Gasteiger partial charge on any atom is 0.337 e. The SMILES string of the molecule is C/C=C1/[C@H](O[C@H]2O[C@H](CO)[C@@H](O)[C@H](O)[C@H]2O)OC=C(C(=O)OC)[C@H]1CC(=O)O[C@H]1C[C@@H]([C@H](C)CO)[C@H](CO)[C@@H]1C. The van der Waals surface area contributed by atoms with Crippen molar-refractivity contribution in [3.8, 4) is 0 Å². The summed E-state index contributed by atoms with van der Waals surface area (Å²) in [6.07, 6.45) is -6.58. The van der Waals surface area contributed by atoms with Crippen LogP contribution in [0.3, 0.4) is 0 Å². The van der Waals surface area contributed by atoms with Gasteiger partial charge in [-0.1, -0.05) is 19.9 Å². The first-order valence-electron chi connectivity index (χ1n) is 13.5. The number of carbonyl (C=O) groups excluding carboxylic acids is 2. The lowest BCUT2D eigenvalue weighted by Gasteiger charge is -2.42. The van der Waals surface area contributed by atoms with E-state index in [-0.39, 0.29) is 48.9 Å². The first-order chi connectivity index (χ1) is 19.0. The molecule has 0 aromatic carbocycles. The number of hydrogen-bond donors (Lipinski definition) is 6. The molecule has 2 aliphatic heterocycles. The van der Waals surface area contributed by atoms with E-state index in [0.29, 0.717) is 12.0 Å². The molecule has 13 heteroatoms. The minimum absolute atomic E-state index is 0.0284. The zero-order valence-corrected chi connectivity index (χ0v) is 23.2. The number of carbonyl (C=O) groups is 2. The van der Waals surface area contributed by atoms with Gasteiger partial charge in [-0.15, -0.1) is 0 Å². The van der Waals surface area contributed by atoms with Gasteiger partial charge in [0, 0.05) is 24.7 Å². The average Bonchev–Trinajstić information content (AvgIpc) is 3.26. The Morgan fingerprint density at radius 3 is 2.40 bits per heavy atom. The summed E-state index contributed by atoms with van der Waals surface area (Å²) in [5, 5.41) is 59.5. The van der Waals surface area contributed by atoms with Gasteiger partial charge in [0.2, 0.25) is 6.29 Å². The Kier molecular flexibility index (Phi) is 11.5. The van der Waals surface area contributed by atoms with Gasteiger partial charge >= 0.3 is 11.9 Å². The molecule has 6 N–H and O–H groups in total. The lowest BCUT2D eigenvalue weighted by molar-refractivity contribution is -0.327. The summed E-state index contributed by atoms with van der Waals surface area (Å²) in [5.41, 5.74) is 0.344. The zero-order chi connectivity index (χ0) is 29.7. The van der Waals surface area contributed by atoms with E-state index in [9.17, 15) is 40.2 Å². The van der Waals surface area contributed by atoms with E-state index >= 15 is 0 Å². The molecular weight excluding hydrogens is 532 g/mol. The predicted molar refractivity (Wildman–Crippen MR) is 136 cm³/mol. The lowest BCUT2D eigenvalue weighted by atomic mass is 9.83. The monoisotopic (exact) mass is 574 g/mol. The first-order valence-corrected chi connectivity index (χ1v) is 13.5. The third-order valence-corrected chi connectivity index (χ3v) is 8.43. The van der Waals surface area contributed by atoms with Gasteiger partial charge in [-0.3, -0.25) is 4.79 Å². The Balaban J connectivity index is 1.78. The van der Waals surface area contributed by atoms with E-state index < -0.39 is 67.6 Å². The van der Waals surface area contributed by atoms with E-state index in [4.69, 9.17) is 23.7 Å². The van der Waals surface area contributed by atoms with Crippen LogP contribution in [-0.4, -0.2) is 113 Å². The molecule has 3 rings (SSSR count). The molecule has 0 spiro atoms. The largest absolute Gasteiger partial charge is 0.468 e. The van der Waals surface area contributed by atoms with Crippen molar-refractivity contribution in [2.45, 2.75) is 76.7 Å². The minimum atomic E-state index is -1.69. The van der Waals surface area contributed by atoms with E-state index in [1.165, 1.54) is 7.11 Å². The molecule has 40 heavy (non-hydrogen) atoms. The smallest absolute Gasteiger partial charge is 0.337 e. The lowest BCUT2D eigenvalue weighted by Crippen LogP contribution is -2.60. The second-order valence-electron chi connectivity index (χ2n) is 10.7. The Morgan fingerprint density at radius 1 is 1.12 bits per heavy atom. The molecule has 228 valence electrons. The van der Waals surface area contributed by atoms with Crippen LogP contribution in [-0.2, 0) is 33.3 Å². The normalized spacial score (nSPS) is 39.8. The van der Waals surface area contributed by atoms with Crippen LogP contribution in [0.4, 0.5) is 0 Å². The van der Waals surface area contributed by atoms with Gasteiger partial charge in [-0.2, -0.15) is 0 Å². The van der Waals surface area contributed by atoms with Crippen molar-refractivity contribution in [1.82, 2.24) is 0 Å². The standard InChI is InChI=1S/C27H42O13/c1-5-14-16(7-21(31)38-19-6-15(12(2)8-28)17(9-29)13(19)3)18(25(35)36-4)11-37-26(14)40-27-24(34)23(33)22(32)20(10-30)39-27/h5,11-13,15-17,19-20,22-24,26-30,32-34H,6-10H2,1-4H3/b14-5+/t12-,13+,15+,16+,17-,19+,20-,22-,23+,24-,26+,27-/m1/s1. The maximum atomic E-state index is 13.2. The molecule has 1 saturated heterocycles. The summed E-state index contributed by atoms with van der Waals surface area (Å²) in [5.74, 6) is -2.65. The van der Waals surface area contributed by atoms with Crippen molar-refractivity contribution in [1.29, 1.82) is 0 Å². The summed E-state index contributed by atoms with van der Waals surface area (Å²) < 4.78 is 27.5. The van der Waals surface area contributed by atoms with E-state index in [1.54, 1.807) is 13.0 Å². The Bertz CT molecular complexity index is 933. The fraction of sp³-hybridized carbons (Fsp3) is 0.778. The van der Waals surface area contributed by atoms with Crippen molar-refractivity contribution in [2.75, 3.05) is 26.9 Å². The van der Waals surface area contributed by atoms with Crippen LogP contribution < -0.4 is 0 Å². The highest BCUT2D eigenvalue weighted by Gasteiger charge is 2.48. The number of aliphatic hydroxyl groups is 6. The second kappa shape index (κ2) is 14.2. The topological polar surface area (TPSA) is 202 Å². The Morgan fingerprint density at radius 2 is 1.82 bits per heavy atom. The third kappa shape index (κ3) is 6.68. The summed E-state index contributed by atoms with van der Waals surface area (Å²) >= 11 is 0. The summed E-state index contributed by atoms with van der Waals surface area (Å²) in [6.45, 7) is 4.60. The fourth-order valence-corrected chi connectivity index (χ4v) is 5.88. The van der Waals surface area contributed by atoms with Crippen molar-refractivity contribution < 1.29 is 63.9 Å². The molecule has 12 atom stereocenters. The van der Waals surface area contributed by atoms with Gasteiger partial charge in [-0.05, 0) is 37.0 Å². The molecule has 0 radical (unpaired) electrons. The molecule has 2 fully saturated rings. The molecule has 1 aliphatic carbocycles. The van der Waals surface area contributed by atoms with Gasteiger partial charge in [0.25, 0.3) is 0 Å². The van der Waals surface area contributed by atoms with Crippen molar-refractivity contribution in [3.05, 3.63) is 23.5 Å². The highest BCUT2D eigenvalue weighted by Crippen LogP contribution is 2.43. The first kappa shape index (κ1) is 32.4. The average molecular weight is 575 g/mol. The molecule has 0 bridgehead atoms. The number of esters is 2. The van der Waals surface area contributed by atoms with Crippen LogP contribution in [0, 0.1) is 29.6 Å². The van der Waals surface area contributed by atoms with E-state index in [1.807, 2.05) is 13.8 Å². The fourth-order valence-electron chi connectivity index (χ4n) is 5.88. The summed E-state index contributed by atoms with van der Waals surface area (Å²) in [6, 6.07) is 0. The molecule has 2 heterocycles. The molecule has 0 aromatic heterocycles. The van der Waals surface area contributed by atoms with Crippen LogP contribution in [0.25, 0.3) is 0 Å².